The molecule has 0 fully saturated rings. The fraction of sp³-hybridized carbons (Fsp3) is 0.368. The molecule has 0 aromatic heterocycles. The van der Waals surface area contributed by atoms with Gasteiger partial charge in [0, 0.05) is 30.8 Å². The van der Waals surface area contributed by atoms with Crippen LogP contribution in [-0.2, 0) is 19.6 Å². The number of benzene rings is 4. The molecule has 1 unspecified atom stereocenters. The summed E-state index contributed by atoms with van der Waals surface area (Å²) in [6.07, 6.45) is 1.34. The van der Waals surface area contributed by atoms with Gasteiger partial charge in [-0.1, -0.05) is 86.6 Å². The second-order valence-corrected chi connectivity index (χ2v) is 11.4. The van der Waals surface area contributed by atoms with Gasteiger partial charge in [0.05, 0.1) is 24.2 Å². The Hall–Kier alpha value is -4.40. The van der Waals surface area contributed by atoms with Crippen molar-refractivity contribution in [1.82, 2.24) is 4.90 Å². The maximum absolute atomic E-state index is 12.1. The maximum atomic E-state index is 12.1. The normalized spacial score (nSPS) is 12.1. The first-order valence-electron chi connectivity index (χ1n) is 16.1. The van der Waals surface area contributed by atoms with Crippen LogP contribution in [0.2, 0.25) is 0 Å². The minimum atomic E-state index is -0.977. The summed E-state index contributed by atoms with van der Waals surface area (Å²) in [5, 5.41) is 23.8. The molecule has 0 radical (unpaired) electrons. The van der Waals surface area contributed by atoms with Crippen molar-refractivity contribution in [3.8, 4) is 17.2 Å². The summed E-state index contributed by atoms with van der Waals surface area (Å²) in [5.74, 6) is 1.73. The molecule has 4 aromatic carbocycles. The molecule has 0 aliphatic heterocycles. The summed E-state index contributed by atoms with van der Waals surface area (Å²) in [6.45, 7) is 10.5. The number of rotatable bonds is 18. The Labute approximate surface area is 272 Å². The minimum absolute atomic E-state index is 0.168. The smallest absolute Gasteiger partial charge is 0.311 e. The molecule has 4 aromatic rings. The number of β-amino-alcohol motifs (C(OH)–C–C–N with tert-alkyl or cyclic N) is 1. The number of aliphatic hydroxyl groups excluding tert-OH is 1. The van der Waals surface area contributed by atoms with Crippen LogP contribution in [0, 0.1) is 10.1 Å². The Balaban J connectivity index is 1.66. The molecule has 0 bridgehead atoms. The maximum Gasteiger partial charge on any atom is 0.311 e. The van der Waals surface area contributed by atoms with Crippen molar-refractivity contribution in [1.29, 1.82) is 0 Å². The van der Waals surface area contributed by atoms with Crippen LogP contribution in [-0.4, -0.2) is 40.2 Å². The van der Waals surface area contributed by atoms with Gasteiger partial charge in [0.15, 0.2) is 5.75 Å². The van der Waals surface area contributed by atoms with Crippen LogP contribution in [0.4, 0.5) is 5.69 Å². The van der Waals surface area contributed by atoms with Crippen molar-refractivity contribution < 1.29 is 24.2 Å². The monoisotopic (exact) mass is 626 g/mol. The zero-order chi connectivity index (χ0) is 32.9. The van der Waals surface area contributed by atoms with E-state index in [0.29, 0.717) is 31.7 Å². The zero-order valence-electron chi connectivity index (χ0n) is 27.4. The minimum Gasteiger partial charge on any atom is -0.494 e. The highest BCUT2D eigenvalue weighted by molar-refractivity contribution is 5.49. The molecular formula is C38H46N2O6. The van der Waals surface area contributed by atoms with E-state index >= 15 is 0 Å². The van der Waals surface area contributed by atoms with Gasteiger partial charge in [-0.05, 0) is 67.5 Å². The second kappa shape index (κ2) is 16.8. The van der Waals surface area contributed by atoms with Gasteiger partial charge in [0.25, 0.3) is 0 Å². The quantitative estimate of drug-likeness (QED) is 0.0877. The summed E-state index contributed by atoms with van der Waals surface area (Å²) in [7, 11) is 0. The third-order valence-corrected chi connectivity index (χ3v) is 8.57. The molecule has 0 saturated heterocycles. The summed E-state index contributed by atoms with van der Waals surface area (Å²) in [4.78, 5) is 14.0. The summed E-state index contributed by atoms with van der Waals surface area (Å²) in [6, 6.07) is 30.5. The fourth-order valence-electron chi connectivity index (χ4n) is 5.93. The average molecular weight is 627 g/mol. The first-order chi connectivity index (χ1) is 22.3. The summed E-state index contributed by atoms with van der Waals surface area (Å²) in [5.41, 5.74) is 3.04. The third kappa shape index (κ3) is 8.86. The highest BCUT2D eigenvalue weighted by Crippen LogP contribution is 2.37. The molecule has 0 aliphatic rings. The van der Waals surface area contributed by atoms with E-state index in [0.717, 1.165) is 41.0 Å². The fourth-order valence-corrected chi connectivity index (χ4v) is 5.93. The Morgan fingerprint density at radius 2 is 1.43 bits per heavy atom. The number of nitrogens with zero attached hydrogens (tertiary/aromatic N) is 2. The van der Waals surface area contributed by atoms with Gasteiger partial charge >= 0.3 is 5.69 Å². The Bertz CT molecular complexity index is 1530. The van der Waals surface area contributed by atoms with E-state index in [1.165, 1.54) is 6.07 Å². The number of nitro benzene ring substituents is 1. The zero-order valence-corrected chi connectivity index (χ0v) is 27.4. The number of nitro groups is 1. The number of ether oxygens (including phenoxy) is 3. The molecule has 4 rings (SSSR count). The SMILES string of the molecule is CCOc1ccc(CC(CC)(CC)N(Cc2ccccc2)CC(O)c2ccc(OCc3ccccc3)c([N+](=O)[O-])c2)c(OCC)c1. The topological polar surface area (TPSA) is 94.3 Å². The van der Waals surface area contributed by atoms with E-state index < -0.39 is 11.0 Å². The summed E-state index contributed by atoms with van der Waals surface area (Å²) >= 11 is 0. The van der Waals surface area contributed by atoms with Crippen molar-refractivity contribution >= 4 is 5.69 Å². The molecule has 8 heteroatoms. The van der Waals surface area contributed by atoms with Gasteiger partial charge < -0.3 is 19.3 Å². The first kappa shape index (κ1) is 34.5. The Kier molecular flexibility index (Phi) is 12.6. The van der Waals surface area contributed by atoms with E-state index in [4.69, 9.17) is 14.2 Å². The lowest BCUT2D eigenvalue weighted by atomic mass is 9.82. The Morgan fingerprint density at radius 1 is 0.783 bits per heavy atom. The molecule has 1 N–H and O–H groups in total. The van der Waals surface area contributed by atoms with E-state index in [-0.39, 0.29) is 30.1 Å². The lowest BCUT2D eigenvalue weighted by Crippen LogP contribution is -2.50. The average Bonchev–Trinajstić information content (AvgIpc) is 3.08. The lowest BCUT2D eigenvalue weighted by molar-refractivity contribution is -0.386. The largest absolute Gasteiger partial charge is 0.494 e. The molecule has 0 saturated carbocycles. The van der Waals surface area contributed by atoms with E-state index in [1.807, 2.05) is 74.5 Å². The molecule has 8 nitrogen and oxygen atoms in total. The van der Waals surface area contributed by atoms with Crippen LogP contribution in [0.25, 0.3) is 0 Å². The van der Waals surface area contributed by atoms with Gasteiger partial charge in [-0.15, -0.1) is 0 Å². The van der Waals surface area contributed by atoms with Gasteiger partial charge in [-0.3, -0.25) is 15.0 Å². The molecule has 0 heterocycles. The van der Waals surface area contributed by atoms with E-state index in [9.17, 15) is 15.2 Å². The van der Waals surface area contributed by atoms with Crippen molar-refractivity contribution in [2.45, 2.75) is 71.8 Å². The standard InChI is InChI=1S/C38H46N2O6/c1-5-38(6-2,25-32-19-21-33(44-7-3)24-37(32)45-8-4)39(26-29-15-11-9-12-16-29)27-35(41)31-20-22-36(34(23-31)40(42)43)46-28-30-17-13-10-14-18-30/h9-24,35,41H,5-8,25-28H2,1-4H3. The number of aliphatic hydroxyl groups is 1. The van der Waals surface area contributed by atoms with Crippen LogP contribution in [0.3, 0.4) is 0 Å². The third-order valence-electron chi connectivity index (χ3n) is 8.57. The lowest BCUT2D eigenvalue weighted by Gasteiger charge is -2.45. The predicted molar refractivity (Wildman–Crippen MR) is 181 cm³/mol. The molecule has 46 heavy (non-hydrogen) atoms. The van der Waals surface area contributed by atoms with Crippen molar-refractivity contribution in [2.75, 3.05) is 19.8 Å². The number of hydrogen-bond acceptors (Lipinski definition) is 7. The molecule has 1 atom stereocenters. The van der Waals surface area contributed by atoms with Crippen LogP contribution in [0.15, 0.2) is 97.1 Å². The van der Waals surface area contributed by atoms with Gasteiger partial charge in [-0.25, -0.2) is 0 Å². The molecule has 0 spiro atoms. The van der Waals surface area contributed by atoms with Gasteiger partial charge in [0.1, 0.15) is 18.1 Å². The molecule has 0 amide bonds. The number of hydrogen-bond donors (Lipinski definition) is 1. The van der Waals surface area contributed by atoms with Gasteiger partial charge in [-0.2, -0.15) is 0 Å². The Morgan fingerprint density at radius 3 is 2.04 bits per heavy atom. The highest BCUT2D eigenvalue weighted by atomic mass is 16.6. The van der Waals surface area contributed by atoms with E-state index in [1.54, 1.807) is 12.1 Å². The van der Waals surface area contributed by atoms with Crippen molar-refractivity contribution in [3.63, 3.8) is 0 Å². The van der Waals surface area contributed by atoms with Crippen molar-refractivity contribution in [3.05, 3.63) is 129 Å². The van der Waals surface area contributed by atoms with Crippen LogP contribution >= 0.6 is 0 Å². The predicted octanol–water partition coefficient (Wildman–Crippen LogP) is 8.31. The molecular weight excluding hydrogens is 580 g/mol. The van der Waals surface area contributed by atoms with Crippen molar-refractivity contribution in [2.24, 2.45) is 0 Å². The van der Waals surface area contributed by atoms with Crippen LogP contribution in [0.5, 0.6) is 17.2 Å². The van der Waals surface area contributed by atoms with Gasteiger partial charge in [0.2, 0.25) is 0 Å². The van der Waals surface area contributed by atoms with Crippen LogP contribution < -0.4 is 14.2 Å². The van der Waals surface area contributed by atoms with Crippen LogP contribution in [0.1, 0.15) is 68.9 Å². The first-order valence-corrected chi connectivity index (χ1v) is 16.1. The van der Waals surface area contributed by atoms with E-state index in [2.05, 4.69) is 36.9 Å². The molecule has 0 aliphatic carbocycles. The molecule has 244 valence electrons. The summed E-state index contributed by atoms with van der Waals surface area (Å²) < 4.78 is 17.7. The second-order valence-electron chi connectivity index (χ2n) is 11.4. The highest BCUT2D eigenvalue weighted by Gasteiger charge is 2.36.